The van der Waals surface area contributed by atoms with Gasteiger partial charge in [-0.15, -0.1) is 5.10 Å². The minimum atomic E-state index is 0.0808. The van der Waals surface area contributed by atoms with E-state index < -0.39 is 0 Å². The van der Waals surface area contributed by atoms with E-state index in [1.54, 1.807) is 4.68 Å². The molecule has 2 rings (SSSR count). The van der Waals surface area contributed by atoms with Gasteiger partial charge in [0, 0.05) is 44.5 Å². The van der Waals surface area contributed by atoms with Crippen LogP contribution in [0, 0.1) is 0 Å². The molecule has 0 amide bonds. The summed E-state index contributed by atoms with van der Waals surface area (Å²) in [5, 5.41) is 16.1. The molecule has 0 aromatic carbocycles. The largest absolute Gasteiger partial charge is 0.354 e. The molecule has 21 heavy (non-hydrogen) atoms. The van der Waals surface area contributed by atoms with Gasteiger partial charge in [-0.2, -0.15) is 10.2 Å². The number of hydrogen-bond donors (Lipinski definition) is 1. The second-order valence-electron chi connectivity index (χ2n) is 6.36. The van der Waals surface area contributed by atoms with E-state index in [2.05, 4.69) is 46.3 Å². The van der Waals surface area contributed by atoms with Crippen LogP contribution in [-0.4, -0.2) is 32.6 Å². The van der Waals surface area contributed by atoms with Crippen molar-refractivity contribution >= 4 is 5.82 Å². The SMILES string of the molecule is CN(Cc1cnn(C)c1)c1ccc(CNC(C)(C)C)nn1. The van der Waals surface area contributed by atoms with Crippen LogP contribution in [0.3, 0.4) is 0 Å². The van der Waals surface area contributed by atoms with Gasteiger partial charge in [0.2, 0.25) is 0 Å². The normalized spacial score (nSPS) is 11.7. The fourth-order valence-electron chi connectivity index (χ4n) is 1.91. The van der Waals surface area contributed by atoms with Crippen molar-refractivity contribution in [1.82, 2.24) is 25.3 Å². The molecule has 0 saturated heterocycles. The van der Waals surface area contributed by atoms with Crippen LogP contribution in [0.2, 0.25) is 0 Å². The van der Waals surface area contributed by atoms with Gasteiger partial charge in [0.15, 0.2) is 5.82 Å². The van der Waals surface area contributed by atoms with Crippen LogP contribution in [0.1, 0.15) is 32.0 Å². The van der Waals surface area contributed by atoms with Gasteiger partial charge in [0.1, 0.15) is 0 Å². The van der Waals surface area contributed by atoms with Gasteiger partial charge < -0.3 is 10.2 Å². The number of aromatic nitrogens is 4. The molecule has 2 heterocycles. The van der Waals surface area contributed by atoms with Gasteiger partial charge in [-0.3, -0.25) is 4.68 Å². The van der Waals surface area contributed by atoms with Crippen molar-refractivity contribution in [3.8, 4) is 0 Å². The fourth-order valence-corrected chi connectivity index (χ4v) is 1.91. The molecular formula is C15H24N6. The topological polar surface area (TPSA) is 58.9 Å². The van der Waals surface area contributed by atoms with Crippen LogP contribution in [0.5, 0.6) is 0 Å². The molecule has 0 unspecified atom stereocenters. The predicted molar refractivity (Wildman–Crippen MR) is 83.9 cm³/mol. The average molecular weight is 288 g/mol. The van der Waals surface area contributed by atoms with Crippen molar-refractivity contribution in [2.75, 3.05) is 11.9 Å². The minimum Gasteiger partial charge on any atom is -0.354 e. The van der Waals surface area contributed by atoms with E-state index in [4.69, 9.17) is 0 Å². The van der Waals surface area contributed by atoms with Crippen LogP contribution in [0.4, 0.5) is 5.82 Å². The fraction of sp³-hybridized carbons (Fsp3) is 0.533. The Morgan fingerprint density at radius 1 is 1.24 bits per heavy atom. The molecule has 0 atom stereocenters. The van der Waals surface area contributed by atoms with Crippen molar-refractivity contribution in [2.24, 2.45) is 7.05 Å². The second-order valence-corrected chi connectivity index (χ2v) is 6.36. The van der Waals surface area contributed by atoms with Gasteiger partial charge in [0.25, 0.3) is 0 Å². The van der Waals surface area contributed by atoms with Crippen molar-refractivity contribution in [3.63, 3.8) is 0 Å². The Morgan fingerprint density at radius 2 is 2.00 bits per heavy atom. The van der Waals surface area contributed by atoms with E-state index in [1.165, 1.54) is 0 Å². The van der Waals surface area contributed by atoms with Gasteiger partial charge in [-0.25, -0.2) is 0 Å². The van der Waals surface area contributed by atoms with Gasteiger partial charge in [-0.1, -0.05) is 0 Å². The number of hydrogen-bond acceptors (Lipinski definition) is 5. The molecule has 0 aliphatic heterocycles. The molecule has 0 aliphatic carbocycles. The number of rotatable bonds is 5. The summed E-state index contributed by atoms with van der Waals surface area (Å²) in [5.74, 6) is 0.860. The molecule has 0 bridgehead atoms. The lowest BCUT2D eigenvalue weighted by molar-refractivity contribution is 0.420. The third kappa shape index (κ3) is 4.82. The Labute approximate surface area is 126 Å². The summed E-state index contributed by atoms with van der Waals surface area (Å²) >= 11 is 0. The highest BCUT2D eigenvalue weighted by atomic mass is 15.3. The summed E-state index contributed by atoms with van der Waals surface area (Å²) in [6.45, 7) is 7.90. The Morgan fingerprint density at radius 3 is 2.52 bits per heavy atom. The summed E-state index contributed by atoms with van der Waals surface area (Å²) < 4.78 is 1.80. The monoisotopic (exact) mass is 288 g/mol. The number of nitrogens with one attached hydrogen (secondary N) is 1. The highest BCUT2D eigenvalue weighted by molar-refractivity contribution is 5.37. The first kappa shape index (κ1) is 15.4. The number of aryl methyl sites for hydroxylation is 1. The zero-order chi connectivity index (χ0) is 15.5. The van der Waals surface area contributed by atoms with Crippen molar-refractivity contribution in [1.29, 1.82) is 0 Å². The van der Waals surface area contributed by atoms with E-state index in [-0.39, 0.29) is 5.54 Å². The molecule has 1 N–H and O–H groups in total. The second kappa shape index (κ2) is 6.22. The zero-order valence-electron chi connectivity index (χ0n) is 13.5. The molecule has 2 aromatic rings. The Hall–Kier alpha value is -1.95. The molecule has 0 spiro atoms. The molecule has 0 saturated carbocycles. The predicted octanol–water partition coefficient (Wildman–Crippen LogP) is 1.73. The Bertz CT molecular complexity index is 567. The van der Waals surface area contributed by atoms with E-state index >= 15 is 0 Å². The van der Waals surface area contributed by atoms with E-state index in [9.17, 15) is 0 Å². The molecule has 6 nitrogen and oxygen atoms in total. The molecular weight excluding hydrogens is 264 g/mol. The maximum atomic E-state index is 4.29. The van der Waals surface area contributed by atoms with Crippen molar-refractivity contribution in [3.05, 3.63) is 35.8 Å². The van der Waals surface area contributed by atoms with Gasteiger partial charge in [0.05, 0.1) is 11.9 Å². The van der Waals surface area contributed by atoms with Gasteiger partial charge in [-0.05, 0) is 32.9 Å². The first-order chi connectivity index (χ1) is 9.83. The van der Waals surface area contributed by atoms with Crippen molar-refractivity contribution < 1.29 is 0 Å². The lowest BCUT2D eigenvalue weighted by Gasteiger charge is -2.20. The van der Waals surface area contributed by atoms with Crippen LogP contribution in [0.15, 0.2) is 24.5 Å². The number of anilines is 1. The van der Waals surface area contributed by atoms with Crippen LogP contribution in [0.25, 0.3) is 0 Å². The third-order valence-electron chi connectivity index (χ3n) is 3.07. The summed E-state index contributed by atoms with van der Waals surface area (Å²) in [6, 6.07) is 4.02. The number of nitrogens with zero attached hydrogens (tertiary/aromatic N) is 5. The smallest absolute Gasteiger partial charge is 0.151 e. The maximum absolute atomic E-state index is 4.29. The highest BCUT2D eigenvalue weighted by Crippen LogP contribution is 2.12. The first-order valence-electron chi connectivity index (χ1n) is 7.10. The Balaban J connectivity index is 1.94. The average Bonchev–Trinajstić information content (AvgIpc) is 2.81. The van der Waals surface area contributed by atoms with Crippen LogP contribution in [-0.2, 0) is 20.1 Å². The first-order valence-corrected chi connectivity index (χ1v) is 7.10. The third-order valence-corrected chi connectivity index (χ3v) is 3.07. The standard InChI is InChI=1S/C15H24N6/c1-15(2,3)16-9-13-6-7-14(19-18-13)20(4)10-12-8-17-21(5)11-12/h6-8,11,16H,9-10H2,1-5H3. The summed E-state index contributed by atoms with van der Waals surface area (Å²) in [5.41, 5.74) is 2.18. The van der Waals surface area contributed by atoms with Gasteiger partial charge >= 0.3 is 0 Å². The quantitative estimate of drug-likeness (QED) is 0.908. The zero-order valence-corrected chi connectivity index (χ0v) is 13.5. The molecule has 0 fully saturated rings. The van der Waals surface area contributed by atoms with Crippen LogP contribution >= 0.6 is 0 Å². The molecule has 0 radical (unpaired) electrons. The van der Waals surface area contributed by atoms with E-state index in [0.717, 1.165) is 30.2 Å². The summed E-state index contributed by atoms with van der Waals surface area (Å²) in [6.07, 6.45) is 3.87. The van der Waals surface area contributed by atoms with E-state index in [0.29, 0.717) is 0 Å². The molecule has 0 aliphatic rings. The maximum Gasteiger partial charge on any atom is 0.151 e. The highest BCUT2D eigenvalue weighted by Gasteiger charge is 2.10. The molecule has 6 heteroatoms. The van der Waals surface area contributed by atoms with Crippen molar-refractivity contribution in [2.45, 2.75) is 39.4 Å². The van der Waals surface area contributed by atoms with Crippen LogP contribution < -0.4 is 10.2 Å². The molecule has 114 valence electrons. The minimum absolute atomic E-state index is 0.0808. The molecule has 2 aromatic heterocycles. The Kier molecular flexibility index (Phi) is 4.57. The van der Waals surface area contributed by atoms with E-state index in [1.807, 2.05) is 38.6 Å². The lowest BCUT2D eigenvalue weighted by Crippen LogP contribution is -2.35. The summed E-state index contributed by atoms with van der Waals surface area (Å²) in [7, 11) is 3.92. The lowest BCUT2D eigenvalue weighted by atomic mass is 10.1. The summed E-state index contributed by atoms with van der Waals surface area (Å²) in [4.78, 5) is 2.06.